The van der Waals surface area contributed by atoms with Crippen molar-refractivity contribution in [2.75, 3.05) is 20.3 Å². The van der Waals surface area contributed by atoms with Crippen LogP contribution in [-0.4, -0.2) is 31.2 Å². The first-order chi connectivity index (χ1) is 17.5. The van der Waals surface area contributed by atoms with Crippen LogP contribution in [0.3, 0.4) is 0 Å². The van der Waals surface area contributed by atoms with E-state index in [9.17, 15) is 4.79 Å². The predicted octanol–water partition coefficient (Wildman–Crippen LogP) is 6.50. The van der Waals surface area contributed by atoms with Crippen LogP contribution in [0.1, 0.15) is 45.7 Å². The topological polar surface area (TPSA) is 76.5 Å². The van der Waals surface area contributed by atoms with Crippen LogP contribution in [0.4, 0.5) is 0 Å². The number of hydrogen-bond donors (Lipinski definition) is 2. The summed E-state index contributed by atoms with van der Waals surface area (Å²) in [6.45, 7) is 6.80. The van der Waals surface area contributed by atoms with Gasteiger partial charge in [-0.2, -0.15) is 0 Å². The molecule has 2 aromatic heterocycles. The molecule has 0 radical (unpaired) electrons. The lowest BCUT2D eigenvalue weighted by molar-refractivity contribution is 0.0926. The number of methoxy groups -OCH3 is 1. The predicted molar refractivity (Wildman–Crippen MR) is 142 cm³/mol. The van der Waals surface area contributed by atoms with E-state index in [1.165, 1.54) is 0 Å². The van der Waals surface area contributed by atoms with E-state index >= 15 is 0 Å². The van der Waals surface area contributed by atoms with Crippen molar-refractivity contribution in [3.8, 4) is 11.5 Å². The van der Waals surface area contributed by atoms with Crippen LogP contribution >= 0.6 is 0 Å². The number of benzene rings is 3. The Hall–Kier alpha value is -4.19. The zero-order valence-corrected chi connectivity index (χ0v) is 21.0. The monoisotopic (exact) mass is 482 g/mol. The molecule has 0 saturated heterocycles. The molecule has 3 aromatic carbocycles. The number of rotatable bonds is 8. The Kier molecular flexibility index (Phi) is 6.42. The molecule has 1 atom stereocenters. The molecule has 6 heteroatoms. The summed E-state index contributed by atoms with van der Waals surface area (Å²) in [5.74, 6) is 1.34. The van der Waals surface area contributed by atoms with E-state index in [1.54, 1.807) is 7.11 Å². The van der Waals surface area contributed by atoms with Gasteiger partial charge in [-0.25, -0.2) is 0 Å². The lowest BCUT2D eigenvalue weighted by Crippen LogP contribution is -2.29. The summed E-state index contributed by atoms with van der Waals surface area (Å²) in [5.41, 5.74) is 5.81. The van der Waals surface area contributed by atoms with Crippen molar-refractivity contribution in [2.24, 2.45) is 0 Å². The second kappa shape index (κ2) is 9.82. The number of para-hydroxylation sites is 1. The van der Waals surface area contributed by atoms with Gasteiger partial charge in [-0.3, -0.25) is 4.79 Å². The maximum absolute atomic E-state index is 13.3. The molecule has 0 aliphatic heterocycles. The maximum Gasteiger partial charge on any atom is 0.287 e. The second-order valence-corrected chi connectivity index (χ2v) is 8.95. The molecule has 0 bridgehead atoms. The highest BCUT2D eigenvalue weighted by molar-refractivity contribution is 5.99. The Morgan fingerprint density at radius 3 is 2.67 bits per heavy atom. The zero-order chi connectivity index (χ0) is 25.2. The quantitative estimate of drug-likeness (QED) is 0.265. The normalized spacial score (nSPS) is 12.1. The van der Waals surface area contributed by atoms with Crippen molar-refractivity contribution in [3.63, 3.8) is 0 Å². The molecule has 184 valence electrons. The molecule has 1 amide bonds. The van der Waals surface area contributed by atoms with Gasteiger partial charge in [0.15, 0.2) is 17.3 Å². The Labute approximate surface area is 210 Å². The molecule has 1 unspecified atom stereocenters. The van der Waals surface area contributed by atoms with Crippen LogP contribution in [0.25, 0.3) is 21.9 Å². The first kappa shape index (κ1) is 23.5. The lowest BCUT2D eigenvalue weighted by Gasteiger charge is -2.20. The van der Waals surface area contributed by atoms with Gasteiger partial charge in [0.05, 0.1) is 13.7 Å². The van der Waals surface area contributed by atoms with Gasteiger partial charge in [-0.15, -0.1) is 0 Å². The fourth-order valence-electron chi connectivity index (χ4n) is 4.79. The van der Waals surface area contributed by atoms with E-state index in [0.29, 0.717) is 30.4 Å². The Bertz CT molecular complexity index is 1550. The van der Waals surface area contributed by atoms with Crippen molar-refractivity contribution in [3.05, 3.63) is 94.9 Å². The third-order valence-corrected chi connectivity index (χ3v) is 6.65. The molecule has 0 spiro atoms. The van der Waals surface area contributed by atoms with Crippen molar-refractivity contribution < 1.29 is 18.7 Å². The van der Waals surface area contributed by atoms with E-state index in [1.807, 2.05) is 81.6 Å². The molecular weight excluding hydrogens is 452 g/mol. The average molecular weight is 483 g/mol. The van der Waals surface area contributed by atoms with E-state index in [2.05, 4.69) is 16.4 Å². The number of fused-ring (bicyclic) bond motifs is 2. The number of amides is 1. The molecule has 5 rings (SSSR count). The highest BCUT2D eigenvalue weighted by atomic mass is 16.5. The Morgan fingerprint density at radius 2 is 1.86 bits per heavy atom. The summed E-state index contributed by atoms with van der Waals surface area (Å²) in [6.07, 6.45) is 2.01. The van der Waals surface area contributed by atoms with Crippen LogP contribution in [0.5, 0.6) is 11.5 Å². The second-order valence-electron chi connectivity index (χ2n) is 8.95. The number of furan rings is 1. The summed E-state index contributed by atoms with van der Waals surface area (Å²) in [5, 5.41) is 5.19. The van der Waals surface area contributed by atoms with Crippen LogP contribution in [0.2, 0.25) is 0 Å². The van der Waals surface area contributed by atoms with Crippen molar-refractivity contribution in [2.45, 2.75) is 26.7 Å². The van der Waals surface area contributed by atoms with Crippen LogP contribution < -0.4 is 14.8 Å². The van der Waals surface area contributed by atoms with Crippen LogP contribution in [0.15, 0.2) is 71.3 Å². The summed E-state index contributed by atoms with van der Waals surface area (Å²) in [4.78, 5) is 16.7. The first-order valence-corrected chi connectivity index (χ1v) is 12.1. The van der Waals surface area contributed by atoms with E-state index in [4.69, 9.17) is 13.9 Å². The van der Waals surface area contributed by atoms with E-state index < -0.39 is 0 Å². The number of nitrogens with one attached hydrogen (secondary N) is 2. The van der Waals surface area contributed by atoms with Crippen LogP contribution in [0, 0.1) is 13.8 Å². The van der Waals surface area contributed by atoms with Crippen molar-refractivity contribution in [1.29, 1.82) is 0 Å². The van der Waals surface area contributed by atoms with Gasteiger partial charge in [0, 0.05) is 40.5 Å². The van der Waals surface area contributed by atoms with Gasteiger partial charge >= 0.3 is 0 Å². The summed E-state index contributed by atoms with van der Waals surface area (Å²) >= 11 is 0. The van der Waals surface area contributed by atoms with Gasteiger partial charge in [0.1, 0.15) is 5.58 Å². The van der Waals surface area contributed by atoms with Crippen molar-refractivity contribution >= 4 is 27.8 Å². The van der Waals surface area contributed by atoms with E-state index in [-0.39, 0.29) is 11.8 Å². The number of H-pyrrole nitrogens is 1. The molecule has 36 heavy (non-hydrogen) atoms. The highest BCUT2D eigenvalue weighted by Crippen LogP contribution is 2.36. The standard InChI is InChI=1S/C30H30N2O4/c1-5-35-26-13-11-20(15-28(26)34-4)23(24-17-31-25-9-7-6-8-22(24)25)16-32-30(33)29-19(3)21-12-10-18(2)14-27(21)36-29/h6-15,17,23,31H,5,16H2,1-4H3,(H,32,33). The van der Waals surface area contributed by atoms with Gasteiger partial charge in [-0.05, 0) is 61.7 Å². The molecule has 2 heterocycles. The number of aromatic amines is 1. The third kappa shape index (κ3) is 4.31. The molecule has 0 aliphatic rings. The summed E-state index contributed by atoms with van der Waals surface area (Å²) in [7, 11) is 1.64. The van der Waals surface area contributed by atoms with Gasteiger partial charge in [-0.1, -0.05) is 36.4 Å². The maximum atomic E-state index is 13.3. The number of aryl methyl sites for hydroxylation is 2. The van der Waals surface area contributed by atoms with Crippen LogP contribution in [-0.2, 0) is 0 Å². The minimum atomic E-state index is -0.232. The Morgan fingerprint density at radius 1 is 1.03 bits per heavy atom. The lowest BCUT2D eigenvalue weighted by atomic mass is 9.90. The molecule has 0 fully saturated rings. The van der Waals surface area contributed by atoms with Gasteiger partial charge in [0.25, 0.3) is 5.91 Å². The number of ether oxygens (including phenoxy) is 2. The average Bonchev–Trinajstić information content (AvgIpc) is 3.46. The minimum absolute atomic E-state index is 0.124. The van der Waals surface area contributed by atoms with Gasteiger partial charge < -0.3 is 24.2 Å². The number of aromatic nitrogens is 1. The SMILES string of the molecule is CCOc1ccc(C(CNC(=O)c2oc3cc(C)ccc3c2C)c2c[nH]c3ccccc23)cc1OC. The molecule has 0 aliphatic carbocycles. The number of carbonyl (C=O) groups excluding carboxylic acids is 1. The minimum Gasteiger partial charge on any atom is -0.493 e. The summed E-state index contributed by atoms with van der Waals surface area (Å²) in [6, 6.07) is 20.1. The molecule has 0 saturated carbocycles. The van der Waals surface area contributed by atoms with Gasteiger partial charge in [0.2, 0.25) is 0 Å². The van der Waals surface area contributed by atoms with Crippen molar-refractivity contribution in [1.82, 2.24) is 10.3 Å². The largest absolute Gasteiger partial charge is 0.493 e. The number of hydrogen-bond acceptors (Lipinski definition) is 4. The smallest absolute Gasteiger partial charge is 0.287 e. The van der Waals surface area contributed by atoms with E-state index in [0.717, 1.165) is 44.1 Å². The summed E-state index contributed by atoms with van der Waals surface area (Å²) < 4.78 is 17.3. The molecular formula is C30H30N2O4. The Balaban J connectivity index is 1.50. The zero-order valence-electron chi connectivity index (χ0n) is 21.0. The fraction of sp³-hybridized carbons (Fsp3) is 0.233. The molecule has 5 aromatic rings. The molecule has 6 nitrogen and oxygen atoms in total. The molecule has 2 N–H and O–H groups in total. The number of carbonyl (C=O) groups is 1. The third-order valence-electron chi connectivity index (χ3n) is 6.65. The fourth-order valence-corrected chi connectivity index (χ4v) is 4.79. The highest BCUT2D eigenvalue weighted by Gasteiger charge is 2.23. The first-order valence-electron chi connectivity index (χ1n) is 12.1.